The van der Waals surface area contributed by atoms with Gasteiger partial charge in [-0.1, -0.05) is 25.0 Å². The smallest absolute Gasteiger partial charge is 0.416 e. The van der Waals surface area contributed by atoms with Crippen molar-refractivity contribution >= 4 is 5.91 Å². The molecule has 0 atom stereocenters. The summed E-state index contributed by atoms with van der Waals surface area (Å²) in [6.45, 7) is 0.810. The Labute approximate surface area is 183 Å². The molecule has 0 bridgehead atoms. The fourth-order valence-corrected chi connectivity index (χ4v) is 4.58. The summed E-state index contributed by atoms with van der Waals surface area (Å²) in [5.74, 6) is 0.738. The lowest BCUT2D eigenvalue weighted by atomic mass is 10.1. The Morgan fingerprint density at radius 1 is 1.09 bits per heavy atom. The number of amides is 1. The van der Waals surface area contributed by atoms with Crippen LogP contribution in [0.25, 0.3) is 11.3 Å². The van der Waals surface area contributed by atoms with E-state index >= 15 is 0 Å². The monoisotopic (exact) mass is 441 g/mol. The maximum Gasteiger partial charge on any atom is 0.416 e. The number of carbonyl (C=O) groups excluding carboxylic acids is 1. The highest BCUT2D eigenvalue weighted by atomic mass is 19.4. The normalized spacial score (nSPS) is 16.6. The first kappa shape index (κ1) is 20.6. The molecule has 1 aliphatic heterocycles. The van der Waals surface area contributed by atoms with Crippen molar-refractivity contribution in [3.05, 3.63) is 70.9 Å². The summed E-state index contributed by atoms with van der Waals surface area (Å²) in [6, 6.07) is 10.8. The number of alkyl halides is 3. The van der Waals surface area contributed by atoms with Crippen LogP contribution in [-0.4, -0.2) is 27.0 Å². The predicted molar refractivity (Wildman–Crippen MR) is 112 cm³/mol. The van der Waals surface area contributed by atoms with Gasteiger partial charge in [0.05, 0.1) is 17.5 Å². The predicted octanol–water partition coefficient (Wildman–Crippen LogP) is 5.57. The minimum atomic E-state index is -4.37. The van der Waals surface area contributed by atoms with E-state index in [9.17, 15) is 18.0 Å². The van der Waals surface area contributed by atoms with Crippen LogP contribution in [0.15, 0.2) is 48.7 Å². The molecule has 0 saturated heterocycles. The first-order chi connectivity index (χ1) is 15.4. The van der Waals surface area contributed by atoms with Crippen molar-refractivity contribution < 1.29 is 22.7 Å². The van der Waals surface area contributed by atoms with Crippen molar-refractivity contribution in [2.45, 2.75) is 51.1 Å². The Morgan fingerprint density at radius 3 is 2.56 bits per heavy atom. The number of hydrogen-bond acceptors (Lipinski definition) is 3. The maximum absolute atomic E-state index is 12.8. The van der Waals surface area contributed by atoms with Gasteiger partial charge in [-0.2, -0.15) is 18.3 Å². The standard InChI is InChI=1S/C24H22F3N3O2/c25-24(26,27)18-7-5-15(6-8-18)22-17(12-28-29-22)14-32-20-9-10-21-16(11-20)13-30(23(21)31)19-3-1-2-4-19/h5-12,19H,1-4,13-14H2,(H,28,29). The Morgan fingerprint density at radius 2 is 1.84 bits per heavy atom. The van der Waals surface area contributed by atoms with Gasteiger partial charge in [-0.25, -0.2) is 0 Å². The van der Waals surface area contributed by atoms with Crippen molar-refractivity contribution in [3.8, 4) is 17.0 Å². The zero-order valence-electron chi connectivity index (χ0n) is 17.3. The number of H-pyrrole nitrogens is 1. The van der Waals surface area contributed by atoms with Crippen molar-refractivity contribution in [1.82, 2.24) is 15.1 Å². The van der Waals surface area contributed by atoms with E-state index < -0.39 is 11.7 Å². The summed E-state index contributed by atoms with van der Waals surface area (Å²) >= 11 is 0. The summed E-state index contributed by atoms with van der Waals surface area (Å²) in [5.41, 5.74) is 2.95. The van der Waals surface area contributed by atoms with E-state index in [1.54, 1.807) is 12.3 Å². The number of aromatic amines is 1. The van der Waals surface area contributed by atoms with Gasteiger partial charge in [0, 0.05) is 23.7 Å². The second-order valence-electron chi connectivity index (χ2n) is 8.32. The zero-order chi connectivity index (χ0) is 22.3. The SMILES string of the molecule is O=C1c2ccc(OCc3cn[nH]c3-c3ccc(C(F)(F)F)cc3)cc2CN1C1CCCC1. The molecule has 0 radical (unpaired) electrons. The molecule has 32 heavy (non-hydrogen) atoms. The van der Waals surface area contributed by atoms with Gasteiger partial charge in [-0.05, 0) is 54.3 Å². The fraction of sp³-hybridized carbons (Fsp3) is 0.333. The van der Waals surface area contributed by atoms with E-state index in [2.05, 4.69) is 10.2 Å². The van der Waals surface area contributed by atoms with Crippen LogP contribution in [0, 0.1) is 0 Å². The number of rotatable bonds is 5. The van der Waals surface area contributed by atoms with Gasteiger partial charge in [0.25, 0.3) is 5.91 Å². The van der Waals surface area contributed by atoms with Gasteiger partial charge >= 0.3 is 6.18 Å². The number of halogens is 3. The summed E-state index contributed by atoms with van der Waals surface area (Å²) in [4.78, 5) is 14.7. The van der Waals surface area contributed by atoms with Gasteiger partial charge < -0.3 is 9.64 Å². The molecule has 5 rings (SSSR count). The number of hydrogen-bond donors (Lipinski definition) is 1. The van der Waals surface area contributed by atoms with Crippen LogP contribution in [0.5, 0.6) is 5.75 Å². The molecule has 2 aromatic carbocycles. The number of aromatic nitrogens is 2. The summed E-state index contributed by atoms with van der Waals surface area (Å²) in [5, 5.41) is 6.86. The van der Waals surface area contributed by atoms with Crippen LogP contribution in [0.4, 0.5) is 13.2 Å². The second-order valence-corrected chi connectivity index (χ2v) is 8.32. The quantitative estimate of drug-likeness (QED) is 0.563. The lowest BCUT2D eigenvalue weighted by Crippen LogP contribution is -2.33. The van der Waals surface area contributed by atoms with Crippen LogP contribution in [0.1, 0.15) is 52.7 Å². The topological polar surface area (TPSA) is 58.2 Å². The summed E-state index contributed by atoms with van der Waals surface area (Å²) in [7, 11) is 0. The molecule has 8 heteroatoms. The van der Waals surface area contributed by atoms with Crippen LogP contribution < -0.4 is 4.74 Å². The second kappa shape index (κ2) is 8.00. The average Bonchev–Trinajstić information content (AvgIpc) is 3.52. The van der Waals surface area contributed by atoms with Crippen molar-refractivity contribution in [3.63, 3.8) is 0 Å². The van der Waals surface area contributed by atoms with Crippen molar-refractivity contribution in [1.29, 1.82) is 0 Å². The molecule has 1 aliphatic carbocycles. The molecular formula is C24H22F3N3O2. The number of nitrogens with one attached hydrogen (secondary N) is 1. The van der Waals surface area contributed by atoms with Crippen molar-refractivity contribution in [2.75, 3.05) is 0 Å². The lowest BCUT2D eigenvalue weighted by Gasteiger charge is -2.23. The van der Waals surface area contributed by atoms with Gasteiger partial charge in [0.2, 0.25) is 0 Å². The molecule has 2 aliphatic rings. The molecule has 1 N–H and O–H groups in total. The molecule has 2 heterocycles. The summed E-state index contributed by atoms with van der Waals surface area (Å²) < 4.78 is 44.4. The average molecular weight is 441 g/mol. The Hall–Kier alpha value is -3.29. The Kier molecular flexibility index (Phi) is 5.15. The number of nitrogens with zero attached hydrogens (tertiary/aromatic N) is 2. The van der Waals surface area contributed by atoms with Crippen LogP contribution in [0.3, 0.4) is 0 Å². The maximum atomic E-state index is 12.8. The van der Waals surface area contributed by atoms with E-state index in [0.29, 0.717) is 29.6 Å². The van der Waals surface area contributed by atoms with Gasteiger partial charge in [-0.3, -0.25) is 9.89 Å². The zero-order valence-corrected chi connectivity index (χ0v) is 17.3. The molecule has 1 amide bonds. The molecular weight excluding hydrogens is 419 g/mol. The molecule has 3 aromatic rings. The Balaban J connectivity index is 1.29. The highest BCUT2D eigenvalue weighted by Crippen LogP contribution is 2.34. The largest absolute Gasteiger partial charge is 0.489 e. The number of fused-ring (bicyclic) bond motifs is 1. The first-order valence-electron chi connectivity index (χ1n) is 10.7. The number of benzene rings is 2. The van der Waals surface area contributed by atoms with E-state index in [4.69, 9.17) is 4.74 Å². The molecule has 1 fully saturated rings. The van der Waals surface area contributed by atoms with Gasteiger partial charge in [0.15, 0.2) is 0 Å². The van der Waals surface area contributed by atoms with E-state index in [-0.39, 0.29) is 12.5 Å². The van der Waals surface area contributed by atoms with Gasteiger partial charge in [0.1, 0.15) is 12.4 Å². The molecule has 5 nitrogen and oxygen atoms in total. The highest BCUT2D eigenvalue weighted by Gasteiger charge is 2.34. The molecule has 1 saturated carbocycles. The van der Waals surface area contributed by atoms with Gasteiger partial charge in [-0.15, -0.1) is 0 Å². The van der Waals surface area contributed by atoms with E-state index in [1.807, 2.05) is 17.0 Å². The highest BCUT2D eigenvalue weighted by molar-refractivity contribution is 5.98. The third-order valence-corrected chi connectivity index (χ3v) is 6.29. The van der Waals surface area contributed by atoms with E-state index in [0.717, 1.165) is 41.7 Å². The molecule has 166 valence electrons. The minimum absolute atomic E-state index is 0.0953. The third kappa shape index (κ3) is 3.85. The molecule has 0 spiro atoms. The third-order valence-electron chi connectivity index (χ3n) is 6.29. The number of ether oxygens (including phenoxy) is 1. The lowest BCUT2D eigenvalue weighted by molar-refractivity contribution is -0.137. The minimum Gasteiger partial charge on any atom is -0.489 e. The summed E-state index contributed by atoms with van der Waals surface area (Å²) in [6.07, 6.45) is 1.70. The van der Waals surface area contributed by atoms with Crippen LogP contribution in [0.2, 0.25) is 0 Å². The van der Waals surface area contributed by atoms with Crippen LogP contribution in [-0.2, 0) is 19.3 Å². The fourth-order valence-electron chi connectivity index (χ4n) is 4.58. The Bertz CT molecular complexity index is 1130. The van der Waals surface area contributed by atoms with Crippen LogP contribution >= 0.6 is 0 Å². The molecule has 1 aromatic heterocycles. The van der Waals surface area contributed by atoms with E-state index in [1.165, 1.54) is 25.0 Å². The van der Waals surface area contributed by atoms with Crippen molar-refractivity contribution in [2.24, 2.45) is 0 Å². The number of carbonyl (C=O) groups is 1. The first-order valence-corrected chi connectivity index (χ1v) is 10.7. The molecule has 0 unspecified atom stereocenters.